The molecular formula is C18H13Cl. The maximum atomic E-state index is 6.02. The minimum atomic E-state index is 0.771. The van der Waals surface area contributed by atoms with E-state index in [1.54, 1.807) is 0 Å². The summed E-state index contributed by atoms with van der Waals surface area (Å²) in [4.78, 5) is 0. The van der Waals surface area contributed by atoms with Crippen LogP contribution in [0.3, 0.4) is 0 Å². The lowest BCUT2D eigenvalue weighted by Gasteiger charge is -1.99. The van der Waals surface area contributed by atoms with Crippen LogP contribution >= 0.6 is 11.6 Å². The molecule has 0 spiro atoms. The molecule has 1 aliphatic carbocycles. The second-order valence-electron chi connectivity index (χ2n) is 4.50. The van der Waals surface area contributed by atoms with Gasteiger partial charge in [-0.1, -0.05) is 66.2 Å². The largest absolute Gasteiger partial charge is 0.0843 e. The lowest BCUT2D eigenvalue weighted by atomic mass is 10.1. The number of halogens is 1. The number of benzene rings is 2. The van der Waals surface area contributed by atoms with E-state index >= 15 is 0 Å². The summed E-state index contributed by atoms with van der Waals surface area (Å²) in [7, 11) is 0. The van der Waals surface area contributed by atoms with E-state index in [1.165, 1.54) is 16.7 Å². The molecule has 0 nitrogen and oxygen atoms in total. The first-order valence-corrected chi connectivity index (χ1v) is 6.61. The van der Waals surface area contributed by atoms with Crippen molar-refractivity contribution in [3.8, 4) is 0 Å². The minimum absolute atomic E-state index is 0.771. The van der Waals surface area contributed by atoms with Crippen molar-refractivity contribution >= 4 is 23.3 Å². The number of hydrogen-bond donors (Lipinski definition) is 0. The molecule has 0 atom stereocenters. The first-order valence-electron chi connectivity index (χ1n) is 6.24. The molecule has 0 heterocycles. The Morgan fingerprint density at radius 2 is 1.68 bits per heavy atom. The van der Waals surface area contributed by atoms with Crippen LogP contribution in [0.5, 0.6) is 0 Å². The van der Waals surface area contributed by atoms with Gasteiger partial charge in [-0.3, -0.25) is 0 Å². The summed E-state index contributed by atoms with van der Waals surface area (Å²) >= 11 is 6.02. The Kier molecular flexibility index (Phi) is 3.35. The molecule has 1 aliphatic rings. The molecule has 0 saturated heterocycles. The molecule has 0 saturated carbocycles. The molecule has 2 aromatic rings. The Labute approximate surface area is 118 Å². The molecule has 92 valence electrons. The zero-order chi connectivity index (χ0) is 13.1. The fourth-order valence-corrected chi connectivity index (χ4v) is 2.33. The predicted molar refractivity (Wildman–Crippen MR) is 83.0 cm³/mol. The predicted octanol–water partition coefficient (Wildman–Crippen LogP) is 5.38. The first-order chi connectivity index (χ1) is 9.31. The summed E-state index contributed by atoms with van der Waals surface area (Å²) in [6.45, 7) is 0. The lowest BCUT2D eigenvalue weighted by molar-refractivity contribution is 1.62. The zero-order valence-corrected chi connectivity index (χ0v) is 11.1. The van der Waals surface area contributed by atoms with Gasteiger partial charge in [0.15, 0.2) is 0 Å². The summed E-state index contributed by atoms with van der Waals surface area (Å²) < 4.78 is 0. The Morgan fingerprint density at radius 1 is 0.842 bits per heavy atom. The molecule has 3 rings (SSSR count). The Balaban J connectivity index is 1.90. The molecule has 0 bridgehead atoms. The average molecular weight is 265 g/mol. The maximum Gasteiger partial charge on any atom is 0.0412 e. The van der Waals surface area contributed by atoms with Crippen molar-refractivity contribution in [2.24, 2.45) is 0 Å². The normalized spacial score (nSPS) is 15.8. The summed E-state index contributed by atoms with van der Waals surface area (Å²) in [5, 5.41) is 0.771. The molecule has 0 fully saturated rings. The van der Waals surface area contributed by atoms with E-state index in [0.717, 1.165) is 10.6 Å². The fraction of sp³-hybridized carbons (Fsp3) is 0. The molecule has 2 aromatic carbocycles. The number of rotatable bonds is 2. The fourth-order valence-electron chi connectivity index (χ4n) is 2.14. The van der Waals surface area contributed by atoms with Gasteiger partial charge in [0.2, 0.25) is 0 Å². The van der Waals surface area contributed by atoms with Crippen molar-refractivity contribution in [1.29, 1.82) is 0 Å². The van der Waals surface area contributed by atoms with E-state index in [0.29, 0.717) is 0 Å². The molecule has 0 aliphatic heterocycles. The van der Waals surface area contributed by atoms with E-state index < -0.39 is 0 Å². The Morgan fingerprint density at radius 3 is 2.47 bits per heavy atom. The second kappa shape index (κ2) is 5.29. The third-order valence-corrected chi connectivity index (χ3v) is 3.30. The highest BCUT2D eigenvalue weighted by molar-refractivity contribution is 6.30. The highest BCUT2D eigenvalue weighted by Gasteiger charge is 2.05. The summed E-state index contributed by atoms with van der Waals surface area (Å²) in [5.41, 5.74) is 4.77. The highest BCUT2D eigenvalue weighted by atomic mass is 35.5. The molecule has 19 heavy (non-hydrogen) atoms. The molecule has 1 heteroatoms. The molecule has 0 unspecified atom stereocenters. The van der Waals surface area contributed by atoms with Crippen LogP contribution < -0.4 is 0 Å². The van der Waals surface area contributed by atoms with Crippen molar-refractivity contribution in [2.45, 2.75) is 0 Å². The van der Waals surface area contributed by atoms with Crippen molar-refractivity contribution in [2.75, 3.05) is 0 Å². The van der Waals surface area contributed by atoms with Crippen LogP contribution in [0, 0.1) is 0 Å². The summed E-state index contributed by atoms with van der Waals surface area (Å²) in [5.74, 6) is 0. The van der Waals surface area contributed by atoms with Crippen molar-refractivity contribution in [1.82, 2.24) is 0 Å². The monoisotopic (exact) mass is 264 g/mol. The average Bonchev–Trinajstić information content (AvgIpc) is 2.88. The Bertz CT molecular complexity index is 676. The molecule has 0 N–H and O–H groups in total. The third-order valence-electron chi connectivity index (χ3n) is 3.07. The van der Waals surface area contributed by atoms with E-state index in [1.807, 2.05) is 36.4 Å². The third kappa shape index (κ3) is 2.86. The van der Waals surface area contributed by atoms with E-state index in [-0.39, 0.29) is 0 Å². The summed E-state index contributed by atoms with van der Waals surface area (Å²) in [6, 6.07) is 18.3. The first kappa shape index (κ1) is 12.0. The van der Waals surface area contributed by atoms with Gasteiger partial charge in [0.05, 0.1) is 0 Å². The minimum Gasteiger partial charge on any atom is -0.0843 e. The van der Waals surface area contributed by atoms with E-state index in [9.17, 15) is 0 Å². The lowest BCUT2D eigenvalue weighted by Crippen LogP contribution is -1.78. The summed E-state index contributed by atoms with van der Waals surface area (Å²) in [6.07, 6.45) is 8.61. The topological polar surface area (TPSA) is 0 Å². The number of hydrogen-bond acceptors (Lipinski definition) is 0. The smallest absolute Gasteiger partial charge is 0.0412 e. The van der Waals surface area contributed by atoms with Crippen LogP contribution in [0.25, 0.3) is 11.6 Å². The maximum absolute atomic E-state index is 6.02. The van der Waals surface area contributed by atoms with Gasteiger partial charge in [-0.05, 0) is 46.6 Å². The Hall–Kier alpha value is -2.05. The van der Waals surface area contributed by atoms with Crippen molar-refractivity contribution < 1.29 is 0 Å². The quantitative estimate of drug-likeness (QED) is 0.683. The van der Waals surface area contributed by atoms with Gasteiger partial charge in [0.1, 0.15) is 0 Å². The van der Waals surface area contributed by atoms with E-state index in [2.05, 4.69) is 42.5 Å². The molecule has 0 aromatic heterocycles. The van der Waals surface area contributed by atoms with Crippen LogP contribution in [0.15, 0.2) is 78.4 Å². The molecule has 0 radical (unpaired) electrons. The van der Waals surface area contributed by atoms with Gasteiger partial charge in [-0.25, -0.2) is 0 Å². The van der Waals surface area contributed by atoms with Crippen LogP contribution in [0.1, 0.15) is 11.1 Å². The molecular weight excluding hydrogens is 252 g/mol. The number of allylic oxidation sites excluding steroid dienone is 5. The van der Waals surface area contributed by atoms with Gasteiger partial charge in [0.25, 0.3) is 0 Å². The molecule has 0 amide bonds. The van der Waals surface area contributed by atoms with Gasteiger partial charge < -0.3 is 0 Å². The van der Waals surface area contributed by atoms with Crippen molar-refractivity contribution in [3.05, 3.63) is 94.5 Å². The van der Waals surface area contributed by atoms with Crippen LogP contribution in [0.2, 0.25) is 5.02 Å². The van der Waals surface area contributed by atoms with Crippen LogP contribution in [-0.2, 0) is 0 Å². The zero-order valence-electron chi connectivity index (χ0n) is 10.4. The highest BCUT2D eigenvalue weighted by Crippen LogP contribution is 2.27. The standard InChI is InChI=1S/C18H13Cl/c19-18-8-4-7-16(13-18)17-10-9-15(12-17)11-14-5-2-1-3-6-14/h1-13H. The van der Waals surface area contributed by atoms with Gasteiger partial charge in [-0.2, -0.15) is 0 Å². The van der Waals surface area contributed by atoms with Gasteiger partial charge in [0, 0.05) is 5.02 Å². The van der Waals surface area contributed by atoms with Crippen LogP contribution in [0.4, 0.5) is 0 Å². The van der Waals surface area contributed by atoms with Gasteiger partial charge >= 0.3 is 0 Å². The van der Waals surface area contributed by atoms with E-state index in [4.69, 9.17) is 11.6 Å². The SMILES string of the molecule is Clc1cccc(C2=CC(=Cc3ccccc3)C=C2)c1. The van der Waals surface area contributed by atoms with Gasteiger partial charge in [-0.15, -0.1) is 0 Å². The van der Waals surface area contributed by atoms with Crippen molar-refractivity contribution in [3.63, 3.8) is 0 Å². The second-order valence-corrected chi connectivity index (χ2v) is 4.93. The van der Waals surface area contributed by atoms with Crippen LogP contribution in [-0.4, -0.2) is 0 Å².